The number of rotatable bonds is 6. The van der Waals surface area contributed by atoms with Crippen LogP contribution in [0.5, 0.6) is 5.75 Å². The molecule has 6 nitrogen and oxygen atoms in total. The van der Waals surface area contributed by atoms with Gasteiger partial charge in [-0.1, -0.05) is 31.2 Å². The Hall–Kier alpha value is -4.01. The normalized spacial score (nSPS) is 12.5. The Morgan fingerprint density at radius 3 is 2.48 bits per heavy atom. The monoisotopic (exact) mass is 457 g/mol. The summed E-state index contributed by atoms with van der Waals surface area (Å²) in [5.41, 5.74) is -1.65. The van der Waals surface area contributed by atoms with Gasteiger partial charge in [-0.3, -0.25) is 9.59 Å². The van der Waals surface area contributed by atoms with Crippen LogP contribution in [0.2, 0.25) is 0 Å². The van der Waals surface area contributed by atoms with Crippen LogP contribution >= 0.6 is 0 Å². The number of alkyl halides is 3. The van der Waals surface area contributed by atoms with Crippen molar-refractivity contribution in [1.29, 1.82) is 0 Å². The Kier molecular flexibility index (Phi) is 5.95. The van der Waals surface area contributed by atoms with E-state index in [1.165, 1.54) is 18.4 Å². The van der Waals surface area contributed by atoms with Gasteiger partial charge in [0.05, 0.1) is 22.9 Å². The zero-order chi connectivity index (χ0) is 23.6. The standard InChI is InChI=1S/C24H18F3NO5/c1-2-17(23(30)28-16-10-5-4-9-15(16)24(25,26)27)32-22-20(29)14-8-3-6-11-18(14)33-21(22)19-12-7-13-31-19/h3-13,17H,2H2,1H3,(H,28,30). The molecule has 2 heterocycles. The van der Waals surface area contributed by atoms with E-state index in [0.29, 0.717) is 0 Å². The fraction of sp³-hybridized carbons (Fsp3) is 0.167. The van der Waals surface area contributed by atoms with Gasteiger partial charge in [0.2, 0.25) is 16.9 Å². The molecule has 0 spiro atoms. The number of fused-ring (bicyclic) bond motifs is 1. The Labute approximate surface area is 185 Å². The van der Waals surface area contributed by atoms with Gasteiger partial charge in [0.1, 0.15) is 5.58 Å². The molecule has 0 fully saturated rings. The average molecular weight is 457 g/mol. The Bertz CT molecular complexity index is 1340. The molecule has 1 atom stereocenters. The summed E-state index contributed by atoms with van der Waals surface area (Å²) in [7, 11) is 0. The first-order valence-electron chi connectivity index (χ1n) is 10.0. The predicted molar refractivity (Wildman–Crippen MR) is 115 cm³/mol. The number of anilines is 1. The van der Waals surface area contributed by atoms with E-state index in [4.69, 9.17) is 13.6 Å². The third-order valence-corrected chi connectivity index (χ3v) is 4.91. The highest BCUT2D eigenvalue weighted by Crippen LogP contribution is 2.35. The molecule has 0 aliphatic rings. The van der Waals surface area contributed by atoms with Crippen molar-refractivity contribution in [1.82, 2.24) is 0 Å². The summed E-state index contributed by atoms with van der Waals surface area (Å²) in [6.07, 6.45) is -4.47. The maximum atomic E-state index is 13.3. The zero-order valence-electron chi connectivity index (χ0n) is 17.3. The fourth-order valence-electron chi connectivity index (χ4n) is 3.32. The van der Waals surface area contributed by atoms with Crippen molar-refractivity contribution < 1.29 is 31.5 Å². The lowest BCUT2D eigenvalue weighted by Crippen LogP contribution is -2.34. The first kappa shape index (κ1) is 22.2. The van der Waals surface area contributed by atoms with Crippen LogP contribution in [0.4, 0.5) is 18.9 Å². The van der Waals surface area contributed by atoms with Gasteiger partial charge in [0.15, 0.2) is 11.9 Å². The van der Waals surface area contributed by atoms with Crippen molar-refractivity contribution >= 4 is 22.6 Å². The Balaban J connectivity index is 1.71. The number of benzene rings is 2. The van der Waals surface area contributed by atoms with Gasteiger partial charge in [0, 0.05) is 0 Å². The SMILES string of the molecule is CCC(Oc1c(-c2ccco2)oc2ccccc2c1=O)C(=O)Nc1ccccc1C(F)(F)F. The smallest absolute Gasteiger partial charge is 0.418 e. The van der Waals surface area contributed by atoms with Gasteiger partial charge in [-0.2, -0.15) is 13.2 Å². The molecule has 4 rings (SSSR count). The first-order chi connectivity index (χ1) is 15.8. The van der Waals surface area contributed by atoms with Crippen molar-refractivity contribution in [3.63, 3.8) is 0 Å². The molecule has 9 heteroatoms. The molecule has 2 aromatic carbocycles. The molecule has 0 aliphatic heterocycles. The highest BCUT2D eigenvalue weighted by molar-refractivity contribution is 5.95. The molecular weight excluding hydrogens is 439 g/mol. The number of furan rings is 1. The molecule has 0 aliphatic carbocycles. The van der Waals surface area contributed by atoms with Crippen molar-refractivity contribution in [2.75, 3.05) is 5.32 Å². The molecule has 0 saturated carbocycles. The van der Waals surface area contributed by atoms with Crippen molar-refractivity contribution in [2.24, 2.45) is 0 Å². The molecule has 1 N–H and O–H groups in total. The summed E-state index contributed by atoms with van der Waals surface area (Å²) in [6.45, 7) is 1.61. The molecule has 1 unspecified atom stereocenters. The van der Waals surface area contributed by atoms with Gasteiger partial charge in [-0.15, -0.1) is 0 Å². The Morgan fingerprint density at radius 1 is 1.06 bits per heavy atom. The van der Waals surface area contributed by atoms with Crippen LogP contribution in [-0.2, 0) is 11.0 Å². The zero-order valence-corrected chi connectivity index (χ0v) is 17.3. The number of amides is 1. The number of hydrogen-bond acceptors (Lipinski definition) is 5. The van der Waals surface area contributed by atoms with E-state index >= 15 is 0 Å². The molecule has 33 heavy (non-hydrogen) atoms. The van der Waals surface area contributed by atoms with Crippen LogP contribution in [0.3, 0.4) is 0 Å². The van der Waals surface area contributed by atoms with E-state index in [2.05, 4.69) is 5.32 Å². The van der Waals surface area contributed by atoms with Crippen LogP contribution in [0.1, 0.15) is 18.9 Å². The maximum Gasteiger partial charge on any atom is 0.418 e. The lowest BCUT2D eigenvalue weighted by atomic mass is 10.1. The number of halogens is 3. The summed E-state index contributed by atoms with van der Waals surface area (Å²) in [5.74, 6) is -0.932. The number of hydrogen-bond donors (Lipinski definition) is 1. The van der Waals surface area contributed by atoms with E-state index in [9.17, 15) is 22.8 Å². The average Bonchev–Trinajstić information content (AvgIpc) is 3.33. The van der Waals surface area contributed by atoms with E-state index in [-0.39, 0.29) is 34.7 Å². The minimum atomic E-state index is -4.65. The molecule has 0 radical (unpaired) electrons. The van der Waals surface area contributed by atoms with Crippen molar-refractivity contribution in [3.8, 4) is 17.3 Å². The topological polar surface area (TPSA) is 81.7 Å². The summed E-state index contributed by atoms with van der Waals surface area (Å²) in [4.78, 5) is 26.0. The molecule has 0 bridgehead atoms. The number of carbonyl (C=O) groups is 1. The minimum absolute atomic E-state index is 0.0226. The van der Waals surface area contributed by atoms with E-state index in [1.807, 2.05) is 0 Å². The lowest BCUT2D eigenvalue weighted by Gasteiger charge is -2.20. The number of ether oxygens (including phenoxy) is 1. The highest BCUT2D eigenvalue weighted by Gasteiger charge is 2.34. The molecule has 1 amide bonds. The fourth-order valence-corrected chi connectivity index (χ4v) is 3.32. The van der Waals surface area contributed by atoms with Gasteiger partial charge in [0.25, 0.3) is 5.91 Å². The number of carbonyl (C=O) groups excluding carboxylic acids is 1. The van der Waals surface area contributed by atoms with Crippen molar-refractivity contribution in [2.45, 2.75) is 25.6 Å². The highest BCUT2D eigenvalue weighted by atomic mass is 19.4. The number of para-hydroxylation sites is 2. The molecule has 4 aromatic rings. The largest absolute Gasteiger partial charge is 0.473 e. The second-order valence-corrected chi connectivity index (χ2v) is 7.11. The third kappa shape index (κ3) is 4.48. The lowest BCUT2D eigenvalue weighted by molar-refractivity contribution is -0.137. The van der Waals surface area contributed by atoms with Crippen LogP contribution in [0.15, 0.2) is 80.6 Å². The maximum absolute atomic E-state index is 13.3. The predicted octanol–water partition coefficient (Wildman–Crippen LogP) is 5.87. The van der Waals surface area contributed by atoms with E-state index < -0.39 is 34.9 Å². The summed E-state index contributed by atoms with van der Waals surface area (Å²) in [5, 5.41) is 2.48. The second kappa shape index (κ2) is 8.85. The Morgan fingerprint density at radius 2 is 1.79 bits per heavy atom. The van der Waals surface area contributed by atoms with Crippen molar-refractivity contribution in [3.05, 3.63) is 82.7 Å². The summed E-state index contributed by atoms with van der Waals surface area (Å²) < 4.78 is 56.8. The van der Waals surface area contributed by atoms with Crippen LogP contribution in [0.25, 0.3) is 22.5 Å². The number of nitrogens with one attached hydrogen (secondary N) is 1. The third-order valence-electron chi connectivity index (χ3n) is 4.91. The van der Waals surface area contributed by atoms with Gasteiger partial charge >= 0.3 is 6.18 Å². The van der Waals surface area contributed by atoms with Gasteiger partial charge < -0.3 is 18.9 Å². The van der Waals surface area contributed by atoms with Gasteiger partial charge in [-0.25, -0.2) is 0 Å². The van der Waals surface area contributed by atoms with Crippen LogP contribution in [-0.4, -0.2) is 12.0 Å². The molecule has 0 saturated heterocycles. The first-order valence-corrected chi connectivity index (χ1v) is 10.0. The molecule has 170 valence electrons. The minimum Gasteiger partial charge on any atom is -0.473 e. The van der Waals surface area contributed by atoms with E-state index in [1.54, 1.807) is 43.3 Å². The van der Waals surface area contributed by atoms with Gasteiger partial charge in [-0.05, 0) is 42.8 Å². The quantitative estimate of drug-likeness (QED) is 0.392. The van der Waals surface area contributed by atoms with Crippen LogP contribution < -0.4 is 15.5 Å². The van der Waals surface area contributed by atoms with Crippen LogP contribution in [0, 0.1) is 0 Å². The van der Waals surface area contributed by atoms with E-state index in [0.717, 1.165) is 12.1 Å². The summed E-state index contributed by atoms with van der Waals surface area (Å²) in [6, 6.07) is 14.2. The second-order valence-electron chi connectivity index (χ2n) is 7.11. The molecular formula is C24H18F3NO5. The summed E-state index contributed by atoms with van der Waals surface area (Å²) >= 11 is 0. The molecule has 2 aromatic heterocycles.